The van der Waals surface area contributed by atoms with Gasteiger partial charge in [0, 0.05) is 12.1 Å². The maximum absolute atomic E-state index is 11.7. The van der Waals surface area contributed by atoms with Crippen LogP contribution in [0.3, 0.4) is 0 Å². The van der Waals surface area contributed by atoms with Crippen molar-refractivity contribution in [3.8, 4) is 0 Å². The van der Waals surface area contributed by atoms with Crippen LogP contribution in [0.25, 0.3) is 0 Å². The highest BCUT2D eigenvalue weighted by Gasteiger charge is 2.25. The second-order valence-electron chi connectivity index (χ2n) is 6.07. The van der Waals surface area contributed by atoms with E-state index in [1.165, 1.54) is 19.3 Å². The summed E-state index contributed by atoms with van der Waals surface area (Å²) in [5.74, 6) is 0.404. The molecule has 0 radical (unpaired) electrons. The van der Waals surface area contributed by atoms with Crippen molar-refractivity contribution < 1.29 is 14.7 Å². The molecule has 2 unspecified atom stereocenters. The quantitative estimate of drug-likeness (QED) is 0.703. The van der Waals surface area contributed by atoms with Crippen LogP contribution < -0.4 is 10.6 Å². The van der Waals surface area contributed by atoms with Crippen LogP contribution in [0.1, 0.15) is 46.5 Å². The van der Waals surface area contributed by atoms with Crippen LogP contribution in [0.5, 0.6) is 0 Å². The van der Waals surface area contributed by atoms with E-state index >= 15 is 0 Å². The molecule has 104 valence electrons. The van der Waals surface area contributed by atoms with E-state index in [2.05, 4.69) is 17.6 Å². The molecule has 2 atom stereocenters. The zero-order chi connectivity index (χ0) is 13.8. The number of hydrogen-bond donors (Lipinski definition) is 3. The van der Waals surface area contributed by atoms with E-state index in [4.69, 9.17) is 5.11 Å². The first-order valence-electron chi connectivity index (χ1n) is 6.56. The normalized spacial score (nSPS) is 23.7. The number of rotatable bonds is 5. The number of urea groups is 1. The first-order valence-corrected chi connectivity index (χ1v) is 6.56. The molecule has 5 nitrogen and oxygen atoms in total. The summed E-state index contributed by atoms with van der Waals surface area (Å²) in [6.45, 7) is 6.33. The fourth-order valence-corrected chi connectivity index (χ4v) is 2.52. The molecule has 2 amide bonds. The zero-order valence-corrected chi connectivity index (χ0v) is 11.5. The first kappa shape index (κ1) is 14.8. The SMILES string of the molecule is CC1CCC(CNC(=O)NC(C)(C)CC(=O)O)C1. The van der Waals surface area contributed by atoms with Crippen molar-refractivity contribution in [1.29, 1.82) is 0 Å². The molecule has 18 heavy (non-hydrogen) atoms. The third-order valence-electron chi connectivity index (χ3n) is 3.40. The van der Waals surface area contributed by atoms with Crippen LogP contribution >= 0.6 is 0 Å². The first-order chi connectivity index (χ1) is 8.28. The standard InChI is InChI=1S/C13H24N2O3/c1-9-4-5-10(6-9)8-14-12(18)15-13(2,3)7-11(16)17/h9-10H,4-8H2,1-3H3,(H,16,17)(H2,14,15,18). The fraction of sp³-hybridized carbons (Fsp3) is 0.846. The van der Waals surface area contributed by atoms with Gasteiger partial charge in [0.15, 0.2) is 0 Å². The van der Waals surface area contributed by atoms with E-state index in [1.54, 1.807) is 13.8 Å². The van der Waals surface area contributed by atoms with Gasteiger partial charge >= 0.3 is 12.0 Å². The summed E-state index contributed by atoms with van der Waals surface area (Å²) in [6, 6.07) is -0.277. The van der Waals surface area contributed by atoms with E-state index in [-0.39, 0.29) is 12.5 Å². The Morgan fingerprint density at radius 2 is 2.00 bits per heavy atom. The van der Waals surface area contributed by atoms with Crippen molar-refractivity contribution in [2.45, 2.75) is 52.0 Å². The highest BCUT2D eigenvalue weighted by atomic mass is 16.4. The lowest BCUT2D eigenvalue weighted by Gasteiger charge is -2.24. The molecule has 5 heteroatoms. The predicted octanol–water partition coefficient (Wildman–Crippen LogP) is 1.98. The van der Waals surface area contributed by atoms with Crippen LogP contribution in [0, 0.1) is 11.8 Å². The molecule has 0 bridgehead atoms. The van der Waals surface area contributed by atoms with Gasteiger partial charge in [-0.05, 0) is 38.5 Å². The van der Waals surface area contributed by atoms with Gasteiger partial charge in [-0.15, -0.1) is 0 Å². The van der Waals surface area contributed by atoms with Gasteiger partial charge in [-0.2, -0.15) is 0 Å². The Morgan fingerprint density at radius 3 is 2.50 bits per heavy atom. The van der Waals surface area contributed by atoms with Crippen LogP contribution in [0.15, 0.2) is 0 Å². The second-order valence-corrected chi connectivity index (χ2v) is 6.07. The molecule has 0 aromatic rings. The number of aliphatic carboxylic acids is 1. The molecular formula is C13H24N2O3. The van der Waals surface area contributed by atoms with Gasteiger partial charge in [-0.25, -0.2) is 4.79 Å². The monoisotopic (exact) mass is 256 g/mol. The van der Waals surface area contributed by atoms with E-state index in [0.29, 0.717) is 12.5 Å². The minimum atomic E-state index is -0.912. The topological polar surface area (TPSA) is 78.4 Å². The van der Waals surface area contributed by atoms with E-state index in [1.807, 2.05) is 0 Å². The number of hydrogen-bond acceptors (Lipinski definition) is 2. The second kappa shape index (κ2) is 6.07. The summed E-state index contributed by atoms with van der Waals surface area (Å²) in [6.07, 6.45) is 3.48. The Kier molecular flexibility index (Phi) is 4.99. The molecule has 3 N–H and O–H groups in total. The molecule has 0 aromatic carbocycles. The van der Waals surface area contributed by atoms with Crippen molar-refractivity contribution in [2.75, 3.05) is 6.54 Å². The van der Waals surface area contributed by atoms with Crippen molar-refractivity contribution in [3.05, 3.63) is 0 Å². The molecule has 0 aromatic heterocycles. The smallest absolute Gasteiger partial charge is 0.315 e. The molecule has 1 aliphatic carbocycles. The number of carbonyl (C=O) groups excluding carboxylic acids is 1. The summed E-state index contributed by atoms with van der Waals surface area (Å²) in [5, 5.41) is 14.2. The number of nitrogens with one attached hydrogen (secondary N) is 2. The lowest BCUT2D eigenvalue weighted by molar-refractivity contribution is -0.138. The number of amides is 2. The molecule has 0 heterocycles. The van der Waals surface area contributed by atoms with Crippen molar-refractivity contribution >= 4 is 12.0 Å². The Balaban J connectivity index is 2.26. The van der Waals surface area contributed by atoms with E-state index < -0.39 is 11.5 Å². The molecular weight excluding hydrogens is 232 g/mol. The molecule has 1 saturated carbocycles. The molecule has 0 spiro atoms. The maximum atomic E-state index is 11.7. The van der Waals surface area contributed by atoms with Crippen molar-refractivity contribution in [2.24, 2.45) is 11.8 Å². The highest BCUT2D eigenvalue weighted by molar-refractivity contribution is 5.76. The summed E-state index contributed by atoms with van der Waals surface area (Å²) >= 11 is 0. The van der Waals surface area contributed by atoms with Crippen LogP contribution in [0.4, 0.5) is 4.79 Å². The van der Waals surface area contributed by atoms with Crippen LogP contribution in [0.2, 0.25) is 0 Å². The highest BCUT2D eigenvalue weighted by Crippen LogP contribution is 2.29. The Hall–Kier alpha value is -1.26. The summed E-state index contributed by atoms with van der Waals surface area (Å²) < 4.78 is 0. The number of carboxylic acids is 1. The van der Waals surface area contributed by atoms with Gasteiger partial charge in [0.2, 0.25) is 0 Å². The number of carbonyl (C=O) groups is 2. The van der Waals surface area contributed by atoms with Crippen LogP contribution in [-0.4, -0.2) is 29.2 Å². The minimum Gasteiger partial charge on any atom is -0.481 e. The van der Waals surface area contributed by atoms with Gasteiger partial charge in [0.05, 0.1) is 6.42 Å². The molecule has 0 aliphatic heterocycles. The summed E-state index contributed by atoms with van der Waals surface area (Å²) in [4.78, 5) is 22.3. The van der Waals surface area contributed by atoms with Crippen molar-refractivity contribution in [1.82, 2.24) is 10.6 Å². The third kappa shape index (κ3) is 5.38. The van der Waals surface area contributed by atoms with E-state index in [0.717, 1.165) is 5.92 Å². The Labute approximate surface area is 108 Å². The van der Waals surface area contributed by atoms with Crippen LogP contribution in [-0.2, 0) is 4.79 Å². The Morgan fingerprint density at radius 1 is 1.33 bits per heavy atom. The van der Waals surface area contributed by atoms with Gasteiger partial charge in [-0.1, -0.05) is 13.3 Å². The third-order valence-corrected chi connectivity index (χ3v) is 3.40. The average molecular weight is 256 g/mol. The van der Waals surface area contributed by atoms with Gasteiger partial charge in [-0.3, -0.25) is 4.79 Å². The summed E-state index contributed by atoms with van der Waals surface area (Å²) in [5.41, 5.74) is -0.723. The lowest BCUT2D eigenvalue weighted by Crippen LogP contribution is -2.50. The maximum Gasteiger partial charge on any atom is 0.315 e. The van der Waals surface area contributed by atoms with Gasteiger partial charge in [0.25, 0.3) is 0 Å². The zero-order valence-electron chi connectivity index (χ0n) is 11.5. The van der Waals surface area contributed by atoms with Gasteiger partial charge < -0.3 is 15.7 Å². The molecule has 1 aliphatic rings. The molecule has 1 rings (SSSR count). The molecule has 1 fully saturated rings. The fourth-order valence-electron chi connectivity index (χ4n) is 2.52. The summed E-state index contributed by atoms with van der Waals surface area (Å²) in [7, 11) is 0. The number of carboxylic acid groups (broad SMARTS) is 1. The van der Waals surface area contributed by atoms with Gasteiger partial charge in [0.1, 0.15) is 0 Å². The average Bonchev–Trinajstić information content (AvgIpc) is 2.58. The predicted molar refractivity (Wildman–Crippen MR) is 69.4 cm³/mol. The molecule has 0 saturated heterocycles. The van der Waals surface area contributed by atoms with E-state index in [9.17, 15) is 9.59 Å². The lowest BCUT2D eigenvalue weighted by atomic mass is 10.0. The van der Waals surface area contributed by atoms with Crippen molar-refractivity contribution in [3.63, 3.8) is 0 Å². The Bertz CT molecular complexity index is 315. The largest absolute Gasteiger partial charge is 0.481 e. The minimum absolute atomic E-state index is 0.0825.